The van der Waals surface area contributed by atoms with Gasteiger partial charge in [-0.15, -0.1) is 0 Å². The summed E-state index contributed by atoms with van der Waals surface area (Å²) in [5.74, 6) is -0.741. The number of aryl methyl sites for hydroxylation is 1. The molecule has 2 rings (SSSR count). The molecule has 0 aliphatic heterocycles. The molecule has 27 heavy (non-hydrogen) atoms. The van der Waals surface area contributed by atoms with Crippen LogP contribution in [0.4, 0.5) is 0 Å². The van der Waals surface area contributed by atoms with E-state index in [1.165, 1.54) is 7.11 Å². The van der Waals surface area contributed by atoms with Crippen LogP contribution in [0.2, 0.25) is 0 Å². The Hall–Kier alpha value is -2.34. The SMILES string of the molecule is COC(=O)[C@@H](NC(=O)c1cn(CCCCCO)c2ccccc12)C(C)(C)C. The van der Waals surface area contributed by atoms with Crippen LogP contribution in [0, 0.1) is 5.41 Å². The fourth-order valence-corrected chi connectivity index (χ4v) is 3.14. The summed E-state index contributed by atoms with van der Waals surface area (Å²) >= 11 is 0. The van der Waals surface area contributed by atoms with Crippen LogP contribution in [0.15, 0.2) is 30.5 Å². The van der Waals surface area contributed by atoms with E-state index in [2.05, 4.69) is 9.88 Å². The van der Waals surface area contributed by atoms with Crippen molar-refractivity contribution in [1.82, 2.24) is 9.88 Å². The van der Waals surface area contributed by atoms with Gasteiger partial charge in [-0.05, 0) is 30.7 Å². The normalized spacial score (nSPS) is 12.8. The second-order valence-corrected chi connectivity index (χ2v) is 7.83. The number of methoxy groups -OCH3 is 1. The molecule has 0 aliphatic carbocycles. The van der Waals surface area contributed by atoms with Gasteiger partial charge in [0.2, 0.25) is 0 Å². The van der Waals surface area contributed by atoms with Crippen molar-refractivity contribution in [3.8, 4) is 0 Å². The molecule has 0 spiro atoms. The van der Waals surface area contributed by atoms with Crippen LogP contribution >= 0.6 is 0 Å². The summed E-state index contributed by atoms with van der Waals surface area (Å²) in [6.45, 7) is 6.63. The van der Waals surface area contributed by atoms with Crippen LogP contribution in [0.25, 0.3) is 10.9 Å². The van der Waals surface area contributed by atoms with E-state index in [1.807, 2.05) is 51.2 Å². The summed E-state index contributed by atoms with van der Waals surface area (Å²) in [5, 5.41) is 12.6. The minimum Gasteiger partial charge on any atom is -0.467 e. The molecular weight excluding hydrogens is 344 g/mol. The number of aliphatic hydroxyl groups is 1. The van der Waals surface area contributed by atoms with Crippen molar-refractivity contribution in [2.24, 2.45) is 5.41 Å². The van der Waals surface area contributed by atoms with Gasteiger partial charge in [-0.25, -0.2) is 4.79 Å². The molecule has 2 aromatic rings. The van der Waals surface area contributed by atoms with E-state index in [-0.39, 0.29) is 12.5 Å². The van der Waals surface area contributed by atoms with Crippen molar-refractivity contribution in [3.63, 3.8) is 0 Å². The molecule has 1 aromatic heterocycles. The molecule has 0 fully saturated rings. The Balaban J connectivity index is 2.28. The van der Waals surface area contributed by atoms with Crippen molar-refractivity contribution in [3.05, 3.63) is 36.0 Å². The molecule has 148 valence electrons. The van der Waals surface area contributed by atoms with Crippen LogP contribution in [0.5, 0.6) is 0 Å². The lowest BCUT2D eigenvalue weighted by molar-refractivity contribution is -0.145. The first-order chi connectivity index (χ1) is 12.8. The number of nitrogens with one attached hydrogen (secondary N) is 1. The molecule has 0 saturated heterocycles. The standard InChI is InChI=1S/C21H30N2O4/c1-21(2,3)18(20(26)27-4)22-19(25)16-14-23(12-8-5-9-13-24)17-11-7-6-10-15(16)17/h6-7,10-11,14,18,24H,5,8-9,12-13H2,1-4H3,(H,22,25)/t18-/m1/s1. The van der Waals surface area contributed by atoms with E-state index in [1.54, 1.807) is 0 Å². The summed E-state index contributed by atoms with van der Waals surface area (Å²) in [4.78, 5) is 25.1. The molecule has 6 heteroatoms. The summed E-state index contributed by atoms with van der Waals surface area (Å²) in [7, 11) is 1.32. The minimum atomic E-state index is -0.735. The first-order valence-corrected chi connectivity index (χ1v) is 9.37. The predicted molar refractivity (Wildman–Crippen MR) is 106 cm³/mol. The maximum atomic E-state index is 13.0. The second kappa shape index (κ2) is 9.04. The van der Waals surface area contributed by atoms with Gasteiger partial charge in [-0.2, -0.15) is 0 Å². The first-order valence-electron chi connectivity index (χ1n) is 9.37. The Morgan fingerprint density at radius 1 is 1.19 bits per heavy atom. The third-order valence-corrected chi connectivity index (χ3v) is 4.67. The zero-order chi connectivity index (χ0) is 20.0. The zero-order valence-corrected chi connectivity index (χ0v) is 16.6. The van der Waals surface area contributed by atoms with Gasteiger partial charge >= 0.3 is 5.97 Å². The van der Waals surface area contributed by atoms with Gasteiger partial charge in [-0.3, -0.25) is 4.79 Å². The number of nitrogens with zero attached hydrogens (tertiary/aromatic N) is 1. The number of para-hydroxylation sites is 1. The smallest absolute Gasteiger partial charge is 0.328 e. The third-order valence-electron chi connectivity index (χ3n) is 4.67. The molecule has 0 radical (unpaired) electrons. The molecule has 1 aromatic carbocycles. The number of amides is 1. The fraction of sp³-hybridized carbons (Fsp3) is 0.524. The molecule has 1 heterocycles. The van der Waals surface area contributed by atoms with Crippen LogP contribution in [0.3, 0.4) is 0 Å². The summed E-state index contributed by atoms with van der Waals surface area (Å²) in [6.07, 6.45) is 4.47. The highest BCUT2D eigenvalue weighted by molar-refractivity contribution is 6.08. The van der Waals surface area contributed by atoms with Crippen LogP contribution < -0.4 is 5.32 Å². The Morgan fingerprint density at radius 2 is 1.89 bits per heavy atom. The van der Waals surface area contributed by atoms with Crippen molar-refractivity contribution in [1.29, 1.82) is 0 Å². The number of unbranched alkanes of at least 4 members (excludes halogenated alkanes) is 2. The topological polar surface area (TPSA) is 80.6 Å². The van der Waals surface area contributed by atoms with Gasteiger partial charge in [0.15, 0.2) is 0 Å². The fourth-order valence-electron chi connectivity index (χ4n) is 3.14. The van der Waals surface area contributed by atoms with Gasteiger partial charge < -0.3 is 19.7 Å². The number of aromatic nitrogens is 1. The lowest BCUT2D eigenvalue weighted by atomic mass is 9.86. The van der Waals surface area contributed by atoms with Crippen molar-refractivity contribution < 1.29 is 19.4 Å². The maximum Gasteiger partial charge on any atom is 0.328 e. The highest BCUT2D eigenvalue weighted by atomic mass is 16.5. The predicted octanol–water partition coefficient (Wildman–Crippen LogP) is 3.12. The zero-order valence-electron chi connectivity index (χ0n) is 16.6. The lowest BCUT2D eigenvalue weighted by Gasteiger charge is -2.28. The monoisotopic (exact) mass is 374 g/mol. The Kier molecular flexibility index (Phi) is 7.02. The summed E-state index contributed by atoms with van der Waals surface area (Å²) in [5.41, 5.74) is 1.06. The van der Waals surface area contributed by atoms with Crippen LogP contribution in [-0.4, -0.2) is 41.3 Å². The third kappa shape index (κ3) is 5.10. The molecule has 1 amide bonds. The molecule has 0 saturated carbocycles. The van der Waals surface area contributed by atoms with E-state index >= 15 is 0 Å². The van der Waals surface area contributed by atoms with Crippen molar-refractivity contribution in [2.75, 3.05) is 13.7 Å². The van der Waals surface area contributed by atoms with Gasteiger partial charge in [0.25, 0.3) is 5.91 Å². The van der Waals surface area contributed by atoms with Crippen molar-refractivity contribution >= 4 is 22.8 Å². The minimum absolute atomic E-state index is 0.196. The van der Waals surface area contributed by atoms with Crippen LogP contribution in [-0.2, 0) is 16.1 Å². The van der Waals surface area contributed by atoms with E-state index in [0.717, 1.165) is 36.7 Å². The summed E-state index contributed by atoms with van der Waals surface area (Å²) < 4.78 is 6.93. The number of benzene rings is 1. The number of aliphatic hydroxyl groups excluding tert-OH is 1. The molecule has 1 atom stereocenters. The molecule has 0 bridgehead atoms. The maximum absolute atomic E-state index is 13.0. The Morgan fingerprint density at radius 3 is 2.52 bits per heavy atom. The molecule has 0 aliphatic rings. The number of rotatable bonds is 8. The van der Waals surface area contributed by atoms with E-state index in [9.17, 15) is 9.59 Å². The largest absolute Gasteiger partial charge is 0.467 e. The number of hydrogen-bond donors (Lipinski definition) is 2. The van der Waals surface area contributed by atoms with Gasteiger partial charge in [-0.1, -0.05) is 39.0 Å². The first kappa shape index (κ1) is 21.0. The van der Waals surface area contributed by atoms with E-state index < -0.39 is 17.4 Å². The summed E-state index contributed by atoms with van der Waals surface area (Å²) in [6, 6.07) is 7.01. The number of fused-ring (bicyclic) bond motifs is 1. The molecule has 0 unspecified atom stereocenters. The number of esters is 1. The van der Waals surface area contributed by atoms with Crippen LogP contribution in [0.1, 0.15) is 50.4 Å². The lowest BCUT2D eigenvalue weighted by Crippen LogP contribution is -2.49. The van der Waals surface area contributed by atoms with Gasteiger partial charge in [0.1, 0.15) is 6.04 Å². The van der Waals surface area contributed by atoms with E-state index in [4.69, 9.17) is 9.84 Å². The molecule has 2 N–H and O–H groups in total. The number of carbonyl (C=O) groups excluding carboxylic acids is 2. The quantitative estimate of drug-likeness (QED) is 0.549. The molecule has 6 nitrogen and oxygen atoms in total. The number of carbonyl (C=O) groups is 2. The Bertz CT molecular complexity index is 789. The van der Waals surface area contributed by atoms with Gasteiger partial charge in [0.05, 0.1) is 12.7 Å². The van der Waals surface area contributed by atoms with E-state index in [0.29, 0.717) is 5.56 Å². The highest BCUT2D eigenvalue weighted by Gasteiger charge is 2.34. The average Bonchev–Trinajstić information content (AvgIpc) is 3.00. The Labute approximate surface area is 160 Å². The number of ether oxygens (including phenoxy) is 1. The van der Waals surface area contributed by atoms with Crippen molar-refractivity contribution in [2.45, 2.75) is 52.6 Å². The number of hydrogen-bond acceptors (Lipinski definition) is 4. The average molecular weight is 374 g/mol. The molecular formula is C21H30N2O4. The second-order valence-electron chi connectivity index (χ2n) is 7.83. The van der Waals surface area contributed by atoms with Gasteiger partial charge in [0, 0.05) is 30.3 Å². The highest BCUT2D eigenvalue weighted by Crippen LogP contribution is 2.24.